The van der Waals surface area contributed by atoms with Crippen molar-refractivity contribution >= 4 is 5.91 Å². The molecular formula is C23H25N3O2. The summed E-state index contributed by atoms with van der Waals surface area (Å²) in [6.45, 7) is 2.65. The molecule has 28 heavy (non-hydrogen) atoms. The van der Waals surface area contributed by atoms with E-state index in [1.807, 2.05) is 25.1 Å². The highest BCUT2D eigenvalue weighted by Crippen LogP contribution is 2.31. The summed E-state index contributed by atoms with van der Waals surface area (Å²) in [6, 6.07) is 16.2. The van der Waals surface area contributed by atoms with Crippen molar-refractivity contribution in [3.8, 4) is 11.4 Å². The molecule has 0 bridgehead atoms. The van der Waals surface area contributed by atoms with Crippen LogP contribution >= 0.6 is 0 Å². The molecule has 1 atom stereocenters. The number of rotatable bonds is 5. The van der Waals surface area contributed by atoms with Crippen LogP contribution in [0.15, 0.2) is 54.7 Å². The number of benzene rings is 2. The predicted octanol–water partition coefficient (Wildman–Crippen LogP) is 4.04. The lowest BCUT2D eigenvalue weighted by Gasteiger charge is -2.25. The SMILES string of the molecule is COc1ccc(C)cc1-n1ccc(C(=O)NCC2CCCc3ccccc32)n1. The van der Waals surface area contributed by atoms with E-state index in [9.17, 15) is 4.79 Å². The second kappa shape index (κ2) is 7.89. The van der Waals surface area contributed by atoms with Crippen LogP contribution in [-0.2, 0) is 6.42 Å². The number of nitrogens with one attached hydrogen (secondary N) is 1. The number of amides is 1. The highest BCUT2D eigenvalue weighted by Gasteiger charge is 2.21. The summed E-state index contributed by atoms with van der Waals surface area (Å²) >= 11 is 0. The summed E-state index contributed by atoms with van der Waals surface area (Å²) in [5.74, 6) is 0.945. The molecule has 0 saturated carbocycles. The number of methoxy groups -OCH3 is 1. The number of hydrogen-bond donors (Lipinski definition) is 1. The Labute approximate surface area is 165 Å². The number of aryl methyl sites for hydroxylation is 2. The topological polar surface area (TPSA) is 56.1 Å². The highest BCUT2D eigenvalue weighted by atomic mass is 16.5. The van der Waals surface area contributed by atoms with Crippen LogP contribution in [0.5, 0.6) is 5.75 Å². The summed E-state index contributed by atoms with van der Waals surface area (Å²) in [5, 5.41) is 7.53. The molecule has 0 spiro atoms. The highest BCUT2D eigenvalue weighted by molar-refractivity contribution is 5.92. The van der Waals surface area contributed by atoms with Crippen molar-refractivity contribution in [2.24, 2.45) is 0 Å². The minimum Gasteiger partial charge on any atom is -0.494 e. The molecule has 1 aliphatic carbocycles. The van der Waals surface area contributed by atoms with Crippen molar-refractivity contribution in [1.82, 2.24) is 15.1 Å². The number of fused-ring (bicyclic) bond motifs is 1. The van der Waals surface area contributed by atoms with Gasteiger partial charge >= 0.3 is 0 Å². The van der Waals surface area contributed by atoms with Gasteiger partial charge in [0.25, 0.3) is 5.91 Å². The van der Waals surface area contributed by atoms with Gasteiger partial charge in [0.1, 0.15) is 11.4 Å². The van der Waals surface area contributed by atoms with E-state index in [0.717, 1.165) is 29.8 Å². The van der Waals surface area contributed by atoms with Gasteiger partial charge in [0.15, 0.2) is 5.69 Å². The minimum atomic E-state index is -0.145. The average Bonchev–Trinajstić information content (AvgIpc) is 3.22. The van der Waals surface area contributed by atoms with Crippen molar-refractivity contribution in [2.45, 2.75) is 32.1 Å². The molecule has 1 N–H and O–H groups in total. The maximum absolute atomic E-state index is 12.6. The number of ether oxygens (including phenoxy) is 1. The average molecular weight is 375 g/mol. The molecule has 4 rings (SSSR count). The summed E-state index contributed by atoms with van der Waals surface area (Å²) in [5.41, 5.74) is 5.11. The second-order valence-corrected chi connectivity index (χ2v) is 7.32. The summed E-state index contributed by atoms with van der Waals surface area (Å²) in [7, 11) is 1.63. The van der Waals surface area contributed by atoms with Crippen LogP contribution in [0.25, 0.3) is 5.69 Å². The zero-order valence-corrected chi connectivity index (χ0v) is 16.3. The van der Waals surface area contributed by atoms with Crippen LogP contribution in [-0.4, -0.2) is 29.3 Å². The van der Waals surface area contributed by atoms with Crippen LogP contribution in [0.1, 0.15) is 45.9 Å². The minimum absolute atomic E-state index is 0.145. The number of carbonyl (C=O) groups is 1. The Kier molecular flexibility index (Phi) is 5.15. The Bertz CT molecular complexity index is 993. The van der Waals surface area contributed by atoms with E-state index in [2.05, 4.69) is 34.7 Å². The smallest absolute Gasteiger partial charge is 0.271 e. The van der Waals surface area contributed by atoms with Gasteiger partial charge in [-0.3, -0.25) is 4.79 Å². The quantitative estimate of drug-likeness (QED) is 0.732. The first kappa shape index (κ1) is 18.3. The fourth-order valence-corrected chi connectivity index (χ4v) is 3.93. The van der Waals surface area contributed by atoms with Crippen LogP contribution in [0.4, 0.5) is 0 Å². The normalized spacial score (nSPS) is 15.7. The first-order valence-electron chi connectivity index (χ1n) is 9.72. The van der Waals surface area contributed by atoms with Gasteiger partial charge in [-0.15, -0.1) is 0 Å². The molecule has 5 heteroatoms. The molecule has 1 amide bonds. The van der Waals surface area contributed by atoms with Crippen molar-refractivity contribution in [3.63, 3.8) is 0 Å². The fourth-order valence-electron chi connectivity index (χ4n) is 3.93. The number of aromatic nitrogens is 2. The number of hydrogen-bond acceptors (Lipinski definition) is 3. The van der Waals surface area contributed by atoms with Crippen molar-refractivity contribution < 1.29 is 9.53 Å². The molecule has 144 valence electrons. The number of nitrogens with zero attached hydrogens (tertiary/aromatic N) is 2. The van der Waals surface area contributed by atoms with E-state index in [1.54, 1.807) is 24.1 Å². The largest absolute Gasteiger partial charge is 0.494 e. The second-order valence-electron chi connectivity index (χ2n) is 7.32. The zero-order chi connectivity index (χ0) is 19.5. The number of carbonyl (C=O) groups excluding carboxylic acids is 1. The van der Waals surface area contributed by atoms with Crippen LogP contribution in [0, 0.1) is 6.92 Å². The van der Waals surface area contributed by atoms with Gasteiger partial charge in [-0.1, -0.05) is 30.3 Å². The van der Waals surface area contributed by atoms with Gasteiger partial charge < -0.3 is 10.1 Å². The first-order chi connectivity index (χ1) is 13.7. The lowest BCUT2D eigenvalue weighted by atomic mass is 9.83. The molecule has 0 saturated heterocycles. The third-order valence-electron chi connectivity index (χ3n) is 5.41. The summed E-state index contributed by atoms with van der Waals surface area (Å²) < 4.78 is 7.11. The van der Waals surface area contributed by atoms with Crippen LogP contribution in [0.3, 0.4) is 0 Å². The molecule has 1 aliphatic rings. The van der Waals surface area contributed by atoms with Gasteiger partial charge in [-0.25, -0.2) is 4.68 Å². The van der Waals surface area contributed by atoms with Crippen LogP contribution < -0.4 is 10.1 Å². The Hall–Kier alpha value is -3.08. The molecule has 1 heterocycles. The molecule has 2 aromatic carbocycles. The Morgan fingerprint density at radius 1 is 1.25 bits per heavy atom. The zero-order valence-electron chi connectivity index (χ0n) is 16.3. The molecule has 1 unspecified atom stereocenters. The van der Waals surface area contributed by atoms with Gasteiger partial charge in [-0.2, -0.15) is 5.10 Å². The molecule has 3 aromatic rings. The molecule has 0 radical (unpaired) electrons. The van der Waals surface area contributed by atoms with E-state index in [0.29, 0.717) is 18.2 Å². The third kappa shape index (κ3) is 3.65. The monoisotopic (exact) mass is 375 g/mol. The molecule has 5 nitrogen and oxygen atoms in total. The Morgan fingerprint density at radius 2 is 2.11 bits per heavy atom. The van der Waals surface area contributed by atoms with Crippen molar-refractivity contribution in [1.29, 1.82) is 0 Å². The lowest BCUT2D eigenvalue weighted by Crippen LogP contribution is -2.30. The van der Waals surface area contributed by atoms with E-state index in [4.69, 9.17) is 4.74 Å². The van der Waals surface area contributed by atoms with Crippen LogP contribution in [0.2, 0.25) is 0 Å². The summed E-state index contributed by atoms with van der Waals surface area (Å²) in [4.78, 5) is 12.6. The molecule has 0 fully saturated rings. The molecule has 0 aliphatic heterocycles. The lowest BCUT2D eigenvalue weighted by molar-refractivity contribution is 0.0945. The molecular weight excluding hydrogens is 350 g/mol. The first-order valence-corrected chi connectivity index (χ1v) is 9.72. The Morgan fingerprint density at radius 3 is 2.96 bits per heavy atom. The van der Waals surface area contributed by atoms with E-state index in [-0.39, 0.29) is 5.91 Å². The third-order valence-corrected chi connectivity index (χ3v) is 5.41. The Balaban J connectivity index is 1.47. The van der Waals surface area contributed by atoms with Crippen molar-refractivity contribution in [2.75, 3.05) is 13.7 Å². The van der Waals surface area contributed by atoms with Gasteiger partial charge in [0.05, 0.1) is 7.11 Å². The maximum atomic E-state index is 12.6. The van der Waals surface area contributed by atoms with Gasteiger partial charge in [-0.05, 0) is 61.1 Å². The predicted molar refractivity (Wildman–Crippen MR) is 109 cm³/mol. The van der Waals surface area contributed by atoms with E-state index >= 15 is 0 Å². The maximum Gasteiger partial charge on any atom is 0.271 e. The standard InChI is InChI=1S/C23H25N3O2/c1-16-10-11-22(28-2)21(14-16)26-13-12-20(25-26)23(27)24-15-18-8-5-7-17-6-3-4-9-19(17)18/h3-4,6,9-14,18H,5,7-8,15H2,1-2H3,(H,24,27). The summed E-state index contributed by atoms with van der Waals surface area (Å²) in [6.07, 6.45) is 5.19. The van der Waals surface area contributed by atoms with Gasteiger partial charge in [0.2, 0.25) is 0 Å². The van der Waals surface area contributed by atoms with E-state index in [1.165, 1.54) is 17.5 Å². The van der Waals surface area contributed by atoms with Crippen molar-refractivity contribution in [3.05, 3.63) is 77.1 Å². The van der Waals surface area contributed by atoms with Gasteiger partial charge in [0, 0.05) is 18.7 Å². The van der Waals surface area contributed by atoms with E-state index < -0.39 is 0 Å². The molecule has 1 aromatic heterocycles. The fraction of sp³-hybridized carbons (Fsp3) is 0.304.